The van der Waals surface area contributed by atoms with Crippen LogP contribution in [0.15, 0.2) is 0 Å². The van der Waals surface area contributed by atoms with Crippen molar-refractivity contribution >= 4 is 5.69 Å². The fourth-order valence-corrected chi connectivity index (χ4v) is 0.839. The summed E-state index contributed by atoms with van der Waals surface area (Å²) >= 11 is 0. The zero-order valence-corrected chi connectivity index (χ0v) is 6.95. The highest BCUT2D eigenvalue weighted by Gasteiger charge is 2.19. The monoisotopic (exact) mass is 209 g/mol. The number of halogens is 4. The van der Waals surface area contributed by atoms with Gasteiger partial charge in [0.15, 0.2) is 0 Å². The number of pyridine rings is 1. The Morgan fingerprint density at radius 2 is 1.57 bits per heavy atom. The third kappa shape index (κ3) is 1.92. The summed E-state index contributed by atoms with van der Waals surface area (Å²) in [4.78, 5) is 2.39. The molecule has 1 aromatic heterocycles. The molecule has 1 rings (SSSR count). The summed E-state index contributed by atoms with van der Waals surface area (Å²) in [7, 11) is 0. The first-order chi connectivity index (χ1) is 6.57. The number of anilines is 1. The molecular formula is C7H7F4N3. The number of hydrogen-bond donors (Lipinski definition) is 2. The van der Waals surface area contributed by atoms with Crippen molar-refractivity contribution in [3.05, 3.63) is 23.5 Å². The molecular weight excluding hydrogens is 202 g/mol. The second-order valence-electron chi connectivity index (χ2n) is 2.41. The van der Waals surface area contributed by atoms with E-state index in [4.69, 9.17) is 5.73 Å². The molecule has 78 valence electrons. The van der Waals surface area contributed by atoms with E-state index < -0.39 is 29.2 Å². The molecule has 1 heterocycles. The molecule has 0 amide bonds. The predicted molar refractivity (Wildman–Crippen MR) is 41.6 cm³/mol. The van der Waals surface area contributed by atoms with E-state index in [0.29, 0.717) is 0 Å². The SMILES string of the molecule is NCCNc1c(F)c(F)nc(F)c1F. The van der Waals surface area contributed by atoms with Crippen molar-refractivity contribution in [2.45, 2.75) is 0 Å². The Labute approximate surface area is 76.9 Å². The van der Waals surface area contributed by atoms with E-state index in [1.165, 1.54) is 0 Å². The zero-order chi connectivity index (χ0) is 10.7. The van der Waals surface area contributed by atoms with Gasteiger partial charge in [-0.3, -0.25) is 0 Å². The molecule has 0 saturated heterocycles. The van der Waals surface area contributed by atoms with Crippen LogP contribution >= 0.6 is 0 Å². The van der Waals surface area contributed by atoms with Crippen LogP contribution in [0.4, 0.5) is 23.2 Å². The Balaban J connectivity index is 3.11. The number of nitrogens with one attached hydrogen (secondary N) is 1. The number of nitrogens with two attached hydrogens (primary N) is 1. The first kappa shape index (κ1) is 10.7. The summed E-state index contributed by atoms with van der Waals surface area (Å²) in [6, 6.07) is 0. The van der Waals surface area contributed by atoms with E-state index in [2.05, 4.69) is 10.3 Å². The first-order valence-electron chi connectivity index (χ1n) is 3.71. The van der Waals surface area contributed by atoms with Crippen molar-refractivity contribution in [3.8, 4) is 0 Å². The topological polar surface area (TPSA) is 50.9 Å². The van der Waals surface area contributed by atoms with Crippen LogP contribution in [0, 0.1) is 23.5 Å². The van der Waals surface area contributed by atoms with Crippen LogP contribution in [0.3, 0.4) is 0 Å². The zero-order valence-electron chi connectivity index (χ0n) is 6.95. The van der Waals surface area contributed by atoms with Gasteiger partial charge in [0.1, 0.15) is 5.69 Å². The second-order valence-corrected chi connectivity index (χ2v) is 2.41. The minimum Gasteiger partial charge on any atom is -0.379 e. The lowest BCUT2D eigenvalue weighted by molar-refractivity contribution is 0.410. The standard InChI is InChI=1S/C7H7F4N3/c8-3-5(13-2-1-12)4(9)7(11)14-6(3)10/h1-2,12H2,(H,13,14). The van der Waals surface area contributed by atoms with Crippen molar-refractivity contribution in [2.24, 2.45) is 5.73 Å². The summed E-state index contributed by atoms with van der Waals surface area (Å²) in [5, 5.41) is 2.12. The maximum absolute atomic E-state index is 12.8. The molecule has 0 radical (unpaired) electrons. The Kier molecular flexibility index (Phi) is 3.23. The van der Waals surface area contributed by atoms with Gasteiger partial charge in [-0.15, -0.1) is 0 Å². The minimum atomic E-state index is -1.69. The second kappa shape index (κ2) is 4.23. The third-order valence-electron chi connectivity index (χ3n) is 1.44. The van der Waals surface area contributed by atoms with Crippen molar-refractivity contribution in [1.82, 2.24) is 4.98 Å². The smallest absolute Gasteiger partial charge is 0.253 e. The van der Waals surface area contributed by atoms with Crippen molar-refractivity contribution < 1.29 is 17.6 Å². The first-order valence-corrected chi connectivity index (χ1v) is 3.71. The summed E-state index contributed by atoms with van der Waals surface area (Å²) in [5.41, 5.74) is 4.15. The Morgan fingerprint density at radius 3 is 2.00 bits per heavy atom. The lowest BCUT2D eigenvalue weighted by Crippen LogP contribution is -2.16. The fraction of sp³-hybridized carbons (Fsp3) is 0.286. The molecule has 0 aliphatic rings. The Hall–Kier alpha value is -1.37. The maximum atomic E-state index is 12.8. The molecule has 0 aliphatic heterocycles. The van der Waals surface area contributed by atoms with Crippen LogP contribution < -0.4 is 11.1 Å². The lowest BCUT2D eigenvalue weighted by atomic mass is 10.3. The van der Waals surface area contributed by atoms with Gasteiger partial charge in [0.2, 0.25) is 11.6 Å². The molecule has 0 aromatic carbocycles. The summed E-state index contributed by atoms with van der Waals surface area (Å²) < 4.78 is 50.6. The highest BCUT2D eigenvalue weighted by molar-refractivity contribution is 5.45. The predicted octanol–water partition coefficient (Wildman–Crippen LogP) is 1.01. The highest BCUT2D eigenvalue weighted by atomic mass is 19.2. The minimum absolute atomic E-state index is 0.00324. The van der Waals surface area contributed by atoms with Gasteiger partial charge >= 0.3 is 0 Å². The average molecular weight is 209 g/mol. The number of rotatable bonds is 3. The summed E-state index contributed by atoms with van der Waals surface area (Å²) in [5.74, 6) is -6.50. The quantitative estimate of drug-likeness (QED) is 0.577. The van der Waals surface area contributed by atoms with Crippen LogP contribution in [-0.2, 0) is 0 Å². The molecule has 0 saturated carbocycles. The van der Waals surface area contributed by atoms with E-state index in [1.807, 2.05) is 0 Å². The molecule has 7 heteroatoms. The van der Waals surface area contributed by atoms with Crippen LogP contribution in [0.1, 0.15) is 0 Å². The summed E-state index contributed by atoms with van der Waals surface area (Å²) in [6.07, 6.45) is 0. The Bertz CT molecular complexity index is 316. The molecule has 0 atom stereocenters. The van der Waals surface area contributed by atoms with Crippen molar-refractivity contribution in [1.29, 1.82) is 0 Å². The molecule has 3 N–H and O–H groups in total. The van der Waals surface area contributed by atoms with Crippen molar-refractivity contribution in [2.75, 3.05) is 18.4 Å². The van der Waals surface area contributed by atoms with Gasteiger partial charge in [-0.1, -0.05) is 0 Å². The van der Waals surface area contributed by atoms with Crippen LogP contribution in [0.25, 0.3) is 0 Å². The van der Waals surface area contributed by atoms with Crippen LogP contribution in [-0.4, -0.2) is 18.1 Å². The van der Waals surface area contributed by atoms with Crippen molar-refractivity contribution in [3.63, 3.8) is 0 Å². The van der Waals surface area contributed by atoms with E-state index in [9.17, 15) is 17.6 Å². The normalized spacial score (nSPS) is 10.4. The fourth-order valence-electron chi connectivity index (χ4n) is 0.839. The summed E-state index contributed by atoms with van der Waals surface area (Å²) in [6.45, 7) is 0.0706. The largest absolute Gasteiger partial charge is 0.379 e. The molecule has 0 unspecified atom stereocenters. The van der Waals surface area contributed by atoms with Crippen LogP contribution in [0.5, 0.6) is 0 Å². The van der Waals surface area contributed by atoms with E-state index in [0.717, 1.165) is 0 Å². The molecule has 1 aromatic rings. The van der Waals surface area contributed by atoms with Gasteiger partial charge in [0.05, 0.1) is 0 Å². The van der Waals surface area contributed by atoms with E-state index in [-0.39, 0.29) is 13.1 Å². The third-order valence-corrected chi connectivity index (χ3v) is 1.44. The number of hydrogen-bond acceptors (Lipinski definition) is 3. The molecule has 0 spiro atoms. The molecule has 0 fully saturated rings. The van der Waals surface area contributed by atoms with E-state index >= 15 is 0 Å². The lowest BCUT2D eigenvalue weighted by Gasteiger charge is -2.07. The molecule has 3 nitrogen and oxygen atoms in total. The highest BCUT2D eigenvalue weighted by Crippen LogP contribution is 2.21. The maximum Gasteiger partial charge on any atom is 0.253 e. The number of nitrogens with zero attached hydrogens (tertiary/aromatic N) is 1. The van der Waals surface area contributed by atoms with Crippen LogP contribution in [0.2, 0.25) is 0 Å². The molecule has 14 heavy (non-hydrogen) atoms. The van der Waals surface area contributed by atoms with Gasteiger partial charge in [-0.25, -0.2) is 0 Å². The molecule has 0 bridgehead atoms. The van der Waals surface area contributed by atoms with Gasteiger partial charge in [-0.05, 0) is 0 Å². The van der Waals surface area contributed by atoms with E-state index in [1.54, 1.807) is 0 Å². The van der Waals surface area contributed by atoms with Gasteiger partial charge in [-0.2, -0.15) is 22.5 Å². The Morgan fingerprint density at radius 1 is 1.07 bits per heavy atom. The average Bonchev–Trinajstić information content (AvgIpc) is 2.15. The van der Waals surface area contributed by atoms with Gasteiger partial charge < -0.3 is 11.1 Å². The van der Waals surface area contributed by atoms with Gasteiger partial charge in [0, 0.05) is 13.1 Å². The molecule has 0 aliphatic carbocycles. The van der Waals surface area contributed by atoms with Gasteiger partial charge in [0.25, 0.3) is 11.9 Å². The number of aromatic nitrogens is 1.